The molecule has 1 aromatic heterocycles. The highest BCUT2D eigenvalue weighted by Gasteiger charge is 2.37. The lowest BCUT2D eigenvalue weighted by atomic mass is 10.0. The molecule has 3 rings (SSSR count). The van der Waals surface area contributed by atoms with Gasteiger partial charge in [0.2, 0.25) is 5.76 Å². The summed E-state index contributed by atoms with van der Waals surface area (Å²) in [7, 11) is 1.60. The normalized spacial score (nSPS) is 20.8. The van der Waals surface area contributed by atoms with Crippen LogP contribution in [0.1, 0.15) is 40.2 Å². The van der Waals surface area contributed by atoms with E-state index in [-0.39, 0.29) is 24.3 Å². The molecule has 0 saturated carbocycles. The summed E-state index contributed by atoms with van der Waals surface area (Å²) in [5.41, 5.74) is 1.50. The Morgan fingerprint density at radius 3 is 2.87 bits per heavy atom. The van der Waals surface area contributed by atoms with Gasteiger partial charge < -0.3 is 19.2 Å². The van der Waals surface area contributed by atoms with Gasteiger partial charge in [-0.2, -0.15) is 0 Å². The Hall–Kier alpha value is -2.34. The summed E-state index contributed by atoms with van der Waals surface area (Å²) in [6.07, 6.45) is -0.0649. The lowest BCUT2D eigenvalue weighted by molar-refractivity contribution is 0.0681. The second kappa shape index (κ2) is 6.04. The molecule has 1 fully saturated rings. The van der Waals surface area contributed by atoms with Gasteiger partial charge in [0.1, 0.15) is 5.75 Å². The zero-order valence-corrected chi connectivity index (χ0v) is 13.4. The van der Waals surface area contributed by atoms with E-state index in [0.29, 0.717) is 18.0 Å². The number of carbonyl (C=O) groups excluding carboxylic acids is 1. The molecule has 2 heterocycles. The van der Waals surface area contributed by atoms with Gasteiger partial charge in [0.15, 0.2) is 5.89 Å². The number of likely N-dealkylation sites (tertiary alicyclic amines) is 1. The number of nitrogens with zero attached hydrogens (tertiary/aromatic N) is 2. The molecule has 23 heavy (non-hydrogen) atoms. The van der Waals surface area contributed by atoms with Crippen molar-refractivity contribution >= 4 is 5.91 Å². The third-order valence-corrected chi connectivity index (χ3v) is 4.12. The van der Waals surface area contributed by atoms with Gasteiger partial charge in [-0.15, -0.1) is 0 Å². The summed E-state index contributed by atoms with van der Waals surface area (Å²) in [4.78, 5) is 18.6. The van der Waals surface area contributed by atoms with Crippen molar-refractivity contribution in [3.05, 3.63) is 47.2 Å². The molecule has 2 aromatic rings. The molecule has 0 aliphatic carbocycles. The van der Waals surface area contributed by atoms with E-state index in [1.54, 1.807) is 25.9 Å². The minimum Gasteiger partial charge on any atom is -0.497 e. The zero-order chi connectivity index (χ0) is 16.6. The summed E-state index contributed by atoms with van der Waals surface area (Å²) in [5, 5.41) is 10.1. The minimum atomic E-state index is -0.556. The number of oxazole rings is 1. The van der Waals surface area contributed by atoms with E-state index < -0.39 is 6.10 Å². The van der Waals surface area contributed by atoms with Crippen LogP contribution >= 0.6 is 0 Å². The Bertz CT molecular complexity index is 725. The summed E-state index contributed by atoms with van der Waals surface area (Å²) in [6.45, 7) is 3.73. The fourth-order valence-corrected chi connectivity index (χ4v) is 3.06. The lowest BCUT2D eigenvalue weighted by Gasteiger charge is -2.24. The van der Waals surface area contributed by atoms with E-state index in [0.717, 1.165) is 11.3 Å². The van der Waals surface area contributed by atoms with Crippen LogP contribution in [0.25, 0.3) is 0 Å². The van der Waals surface area contributed by atoms with Gasteiger partial charge in [-0.1, -0.05) is 12.1 Å². The SMILES string of the molecule is COc1cccc(C2CC(O)CN2C(=O)c2oc(C)nc2C)c1. The molecule has 0 radical (unpaired) electrons. The quantitative estimate of drug-likeness (QED) is 0.940. The van der Waals surface area contributed by atoms with Crippen molar-refractivity contribution < 1.29 is 19.1 Å². The van der Waals surface area contributed by atoms with E-state index in [4.69, 9.17) is 9.15 Å². The highest BCUT2D eigenvalue weighted by atomic mass is 16.5. The highest BCUT2D eigenvalue weighted by molar-refractivity contribution is 5.93. The first kappa shape index (κ1) is 15.6. The molecule has 1 amide bonds. The van der Waals surface area contributed by atoms with Crippen molar-refractivity contribution in [2.24, 2.45) is 0 Å². The number of β-amino-alcohol motifs (C(OH)–C–C–N with tert-alkyl or cyclic N) is 1. The maximum Gasteiger partial charge on any atom is 0.292 e. The number of aliphatic hydroxyl groups is 1. The molecule has 1 saturated heterocycles. The summed E-state index contributed by atoms with van der Waals surface area (Å²) in [6, 6.07) is 7.35. The van der Waals surface area contributed by atoms with Crippen LogP contribution in [-0.2, 0) is 0 Å². The molecule has 0 bridgehead atoms. The molecule has 1 aliphatic heterocycles. The number of aryl methyl sites for hydroxylation is 2. The highest BCUT2D eigenvalue weighted by Crippen LogP contribution is 2.35. The minimum absolute atomic E-state index is 0.211. The van der Waals surface area contributed by atoms with Crippen LogP contribution in [-0.4, -0.2) is 40.7 Å². The first-order chi connectivity index (χ1) is 11.0. The number of benzene rings is 1. The Morgan fingerprint density at radius 1 is 1.43 bits per heavy atom. The fourth-order valence-electron chi connectivity index (χ4n) is 3.06. The smallest absolute Gasteiger partial charge is 0.292 e. The number of methoxy groups -OCH3 is 1. The van der Waals surface area contributed by atoms with Crippen molar-refractivity contribution in [2.45, 2.75) is 32.4 Å². The molecule has 2 unspecified atom stereocenters. The van der Waals surface area contributed by atoms with E-state index in [1.165, 1.54) is 0 Å². The van der Waals surface area contributed by atoms with Gasteiger partial charge in [-0.25, -0.2) is 4.98 Å². The number of aliphatic hydroxyl groups excluding tert-OH is 1. The van der Waals surface area contributed by atoms with Crippen molar-refractivity contribution in [1.82, 2.24) is 9.88 Å². The molecule has 2 atom stereocenters. The van der Waals surface area contributed by atoms with Gasteiger partial charge >= 0.3 is 0 Å². The first-order valence-corrected chi connectivity index (χ1v) is 7.56. The topological polar surface area (TPSA) is 75.8 Å². The Morgan fingerprint density at radius 2 is 2.22 bits per heavy atom. The predicted molar refractivity (Wildman–Crippen MR) is 83.4 cm³/mol. The summed E-state index contributed by atoms with van der Waals surface area (Å²) < 4.78 is 10.7. The monoisotopic (exact) mass is 316 g/mol. The molecule has 6 heteroatoms. The van der Waals surface area contributed by atoms with Crippen molar-refractivity contribution in [1.29, 1.82) is 0 Å². The molecule has 122 valence electrons. The number of rotatable bonds is 3. The maximum atomic E-state index is 12.8. The van der Waals surface area contributed by atoms with Gasteiger partial charge in [0.05, 0.1) is 24.9 Å². The van der Waals surface area contributed by atoms with Gasteiger partial charge in [-0.3, -0.25) is 4.79 Å². The average molecular weight is 316 g/mol. The summed E-state index contributed by atoms with van der Waals surface area (Å²) >= 11 is 0. The van der Waals surface area contributed by atoms with Gasteiger partial charge in [0.25, 0.3) is 5.91 Å². The maximum absolute atomic E-state index is 12.8. The first-order valence-electron chi connectivity index (χ1n) is 7.56. The molecule has 1 aliphatic rings. The predicted octanol–water partition coefficient (Wildman–Crippen LogP) is 2.25. The lowest BCUT2D eigenvalue weighted by Crippen LogP contribution is -2.32. The van der Waals surface area contributed by atoms with Crippen LogP contribution in [0.4, 0.5) is 0 Å². The fraction of sp³-hybridized carbons (Fsp3) is 0.412. The number of ether oxygens (including phenoxy) is 1. The number of aromatic nitrogens is 1. The third-order valence-electron chi connectivity index (χ3n) is 4.12. The van der Waals surface area contributed by atoms with Crippen LogP contribution in [0.2, 0.25) is 0 Å². The van der Waals surface area contributed by atoms with E-state index >= 15 is 0 Å². The molecular weight excluding hydrogens is 296 g/mol. The van der Waals surface area contributed by atoms with Crippen LogP contribution in [0.15, 0.2) is 28.7 Å². The number of hydrogen-bond donors (Lipinski definition) is 1. The number of carbonyl (C=O) groups is 1. The Balaban J connectivity index is 1.93. The Labute approximate surface area is 134 Å². The van der Waals surface area contributed by atoms with Gasteiger partial charge in [0, 0.05) is 13.5 Å². The second-order valence-electron chi connectivity index (χ2n) is 5.79. The second-order valence-corrected chi connectivity index (χ2v) is 5.79. The standard InChI is InChI=1S/C17H20N2O4/c1-10-16(23-11(2)18-10)17(21)19-9-13(20)8-15(19)12-5-4-6-14(7-12)22-3/h4-7,13,15,20H,8-9H2,1-3H3. The van der Waals surface area contributed by atoms with E-state index in [1.807, 2.05) is 24.3 Å². The van der Waals surface area contributed by atoms with Gasteiger partial charge in [-0.05, 0) is 31.0 Å². The average Bonchev–Trinajstić information content (AvgIpc) is 3.09. The number of amides is 1. The molecular formula is C17H20N2O4. The third kappa shape index (κ3) is 2.94. The van der Waals surface area contributed by atoms with Crippen LogP contribution in [0.3, 0.4) is 0 Å². The van der Waals surface area contributed by atoms with Crippen molar-refractivity contribution in [2.75, 3.05) is 13.7 Å². The molecule has 0 spiro atoms. The largest absolute Gasteiger partial charge is 0.497 e. The molecule has 1 N–H and O–H groups in total. The number of hydrogen-bond acceptors (Lipinski definition) is 5. The van der Waals surface area contributed by atoms with E-state index in [9.17, 15) is 9.90 Å². The van der Waals surface area contributed by atoms with Crippen molar-refractivity contribution in [3.8, 4) is 5.75 Å². The Kier molecular flexibility index (Phi) is 4.09. The van der Waals surface area contributed by atoms with Crippen LogP contribution in [0.5, 0.6) is 5.75 Å². The molecule has 6 nitrogen and oxygen atoms in total. The van der Waals surface area contributed by atoms with Crippen LogP contribution in [0, 0.1) is 13.8 Å². The summed E-state index contributed by atoms with van der Waals surface area (Å²) in [5.74, 6) is 1.18. The van der Waals surface area contributed by atoms with Crippen LogP contribution < -0.4 is 4.74 Å². The molecule has 1 aromatic carbocycles. The zero-order valence-electron chi connectivity index (χ0n) is 13.4. The van der Waals surface area contributed by atoms with E-state index in [2.05, 4.69) is 4.98 Å². The van der Waals surface area contributed by atoms with Crippen molar-refractivity contribution in [3.63, 3.8) is 0 Å².